The van der Waals surface area contributed by atoms with Crippen LogP contribution in [0.5, 0.6) is 0 Å². The predicted molar refractivity (Wildman–Crippen MR) is 104 cm³/mol. The minimum atomic E-state index is -0.560. The summed E-state index contributed by atoms with van der Waals surface area (Å²) in [7, 11) is 0. The van der Waals surface area contributed by atoms with Crippen molar-refractivity contribution in [3.63, 3.8) is 0 Å². The van der Waals surface area contributed by atoms with E-state index in [0.29, 0.717) is 29.7 Å². The van der Waals surface area contributed by atoms with Crippen LogP contribution in [0.1, 0.15) is 18.1 Å². The van der Waals surface area contributed by atoms with Crippen LogP contribution in [-0.4, -0.2) is 35.6 Å². The highest BCUT2D eigenvalue weighted by Crippen LogP contribution is 2.18. The maximum atomic E-state index is 12.1. The first-order valence-corrected chi connectivity index (χ1v) is 8.16. The molecule has 0 aliphatic carbocycles. The Morgan fingerprint density at radius 3 is 2.61 bits per heavy atom. The summed E-state index contributed by atoms with van der Waals surface area (Å²) >= 11 is 0. The van der Waals surface area contributed by atoms with Gasteiger partial charge in [0.1, 0.15) is 12.0 Å². The first kappa shape index (κ1) is 21.0. The maximum Gasteiger partial charge on any atom is 0.381 e. The van der Waals surface area contributed by atoms with E-state index in [1.54, 1.807) is 35.8 Å². The molecule has 0 bridgehead atoms. The van der Waals surface area contributed by atoms with Gasteiger partial charge in [-0.05, 0) is 34.2 Å². The Hall–Kier alpha value is -3.31. The first-order chi connectivity index (χ1) is 13.0. The third-order valence-corrected chi connectivity index (χ3v) is 3.88. The summed E-state index contributed by atoms with van der Waals surface area (Å²) in [4.78, 5) is 30.3. The standard InChI is InChI=1S/C16H18N8O3.ClH/c1-10-18-14(24(26)27)9-23(10)7-6-15(25)19-12-4-2-11(3-5-12)16-20-13(8-17)21-22-16;/h2-5,9H,6-8,17H2,1H3,(H,19,25)(H,20,21,22);1H. The van der Waals surface area contributed by atoms with Crippen molar-refractivity contribution < 1.29 is 9.72 Å². The molecule has 0 saturated heterocycles. The van der Waals surface area contributed by atoms with Gasteiger partial charge in [0.15, 0.2) is 5.82 Å². The van der Waals surface area contributed by atoms with Crippen molar-refractivity contribution in [2.24, 2.45) is 5.73 Å². The van der Waals surface area contributed by atoms with Gasteiger partial charge in [0.25, 0.3) is 0 Å². The molecular weight excluding hydrogens is 388 g/mol. The van der Waals surface area contributed by atoms with Crippen LogP contribution >= 0.6 is 12.4 Å². The molecule has 0 aliphatic rings. The summed E-state index contributed by atoms with van der Waals surface area (Å²) in [5, 5.41) is 20.3. The molecule has 0 fully saturated rings. The number of aromatic nitrogens is 5. The second-order valence-corrected chi connectivity index (χ2v) is 5.78. The Kier molecular flexibility index (Phi) is 6.79. The largest absolute Gasteiger partial charge is 0.381 e. The van der Waals surface area contributed by atoms with Crippen LogP contribution in [0.4, 0.5) is 11.5 Å². The molecule has 2 heterocycles. The second kappa shape index (κ2) is 9.06. The molecule has 12 heteroatoms. The van der Waals surface area contributed by atoms with Gasteiger partial charge in [0.05, 0.1) is 6.54 Å². The van der Waals surface area contributed by atoms with Crippen molar-refractivity contribution in [1.29, 1.82) is 0 Å². The lowest BCUT2D eigenvalue weighted by Gasteiger charge is -2.06. The fraction of sp³-hybridized carbons (Fsp3) is 0.250. The highest BCUT2D eigenvalue weighted by Gasteiger charge is 2.15. The van der Waals surface area contributed by atoms with Gasteiger partial charge in [0.2, 0.25) is 11.7 Å². The third-order valence-electron chi connectivity index (χ3n) is 3.88. The van der Waals surface area contributed by atoms with E-state index in [-0.39, 0.29) is 37.1 Å². The first-order valence-electron chi connectivity index (χ1n) is 8.16. The number of amides is 1. The summed E-state index contributed by atoms with van der Waals surface area (Å²) in [6, 6.07) is 7.09. The number of nitrogens with two attached hydrogens (primary N) is 1. The fourth-order valence-electron chi connectivity index (χ4n) is 2.47. The molecule has 0 spiro atoms. The van der Waals surface area contributed by atoms with Crippen molar-refractivity contribution in [1.82, 2.24) is 24.7 Å². The number of hydrogen-bond acceptors (Lipinski definition) is 7. The van der Waals surface area contributed by atoms with E-state index in [4.69, 9.17) is 5.73 Å². The van der Waals surface area contributed by atoms with Crippen LogP contribution in [0.15, 0.2) is 30.5 Å². The van der Waals surface area contributed by atoms with E-state index in [0.717, 1.165) is 5.56 Å². The van der Waals surface area contributed by atoms with Gasteiger partial charge in [0, 0.05) is 31.1 Å². The molecule has 0 radical (unpaired) electrons. The van der Waals surface area contributed by atoms with Gasteiger partial charge in [-0.1, -0.05) is 0 Å². The third kappa shape index (κ3) is 4.90. The zero-order chi connectivity index (χ0) is 19.4. The lowest BCUT2D eigenvalue weighted by atomic mass is 10.2. The molecule has 28 heavy (non-hydrogen) atoms. The molecular formula is C16H19ClN8O3. The molecule has 148 valence electrons. The molecule has 0 saturated carbocycles. The molecule has 1 aromatic carbocycles. The number of carbonyl (C=O) groups is 1. The van der Waals surface area contributed by atoms with Crippen molar-refractivity contribution >= 4 is 29.8 Å². The fourth-order valence-corrected chi connectivity index (χ4v) is 2.47. The summed E-state index contributed by atoms with van der Waals surface area (Å²) in [5.74, 6) is 1.18. The number of H-pyrrole nitrogens is 1. The minimum absolute atomic E-state index is 0. The number of aromatic amines is 1. The van der Waals surface area contributed by atoms with E-state index in [9.17, 15) is 14.9 Å². The van der Waals surface area contributed by atoms with E-state index >= 15 is 0 Å². The molecule has 2 aromatic heterocycles. The van der Waals surface area contributed by atoms with Crippen molar-refractivity contribution in [2.45, 2.75) is 26.4 Å². The quantitative estimate of drug-likeness (QED) is 0.398. The van der Waals surface area contributed by atoms with Crippen LogP contribution in [-0.2, 0) is 17.9 Å². The number of hydrogen-bond donors (Lipinski definition) is 3. The van der Waals surface area contributed by atoms with Crippen LogP contribution in [0, 0.1) is 17.0 Å². The van der Waals surface area contributed by atoms with Gasteiger partial charge < -0.3 is 25.7 Å². The van der Waals surface area contributed by atoms with Crippen molar-refractivity contribution in [3.8, 4) is 11.4 Å². The van der Waals surface area contributed by atoms with Crippen LogP contribution in [0.25, 0.3) is 11.4 Å². The number of halogens is 1. The predicted octanol–water partition coefficient (Wildman–Crippen LogP) is 1.79. The molecule has 1 amide bonds. The number of rotatable bonds is 7. The number of nitrogens with zero attached hydrogens (tertiary/aromatic N) is 5. The average Bonchev–Trinajstić information content (AvgIpc) is 3.27. The summed E-state index contributed by atoms with van der Waals surface area (Å²) in [5.41, 5.74) is 6.92. The number of benzene rings is 1. The van der Waals surface area contributed by atoms with Gasteiger partial charge in [-0.25, -0.2) is 4.98 Å². The highest BCUT2D eigenvalue weighted by molar-refractivity contribution is 5.90. The molecule has 4 N–H and O–H groups in total. The zero-order valence-corrected chi connectivity index (χ0v) is 15.8. The van der Waals surface area contributed by atoms with E-state index in [2.05, 4.69) is 25.5 Å². The Morgan fingerprint density at radius 2 is 2.04 bits per heavy atom. The Balaban J connectivity index is 0.00000280. The maximum absolute atomic E-state index is 12.1. The van der Waals surface area contributed by atoms with Crippen LogP contribution < -0.4 is 11.1 Å². The summed E-state index contributed by atoms with van der Waals surface area (Å²) in [6.07, 6.45) is 1.49. The van der Waals surface area contributed by atoms with Gasteiger partial charge in [-0.15, -0.1) is 12.4 Å². The van der Waals surface area contributed by atoms with Crippen molar-refractivity contribution in [2.75, 3.05) is 5.32 Å². The van der Waals surface area contributed by atoms with Gasteiger partial charge in [-0.3, -0.25) is 9.89 Å². The van der Waals surface area contributed by atoms with Gasteiger partial charge in [-0.2, -0.15) is 5.10 Å². The van der Waals surface area contributed by atoms with Gasteiger partial charge >= 0.3 is 5.82 Å². The molecule has 3 rings (SSSR count). The lowest BCUT2D eigenvalue weighted by molar-refractivity contribution is -0.389. The number of aryl methyl sites for hydroxylation is 2. The molecule has 11 nitrogen and oxygen atoms in total. The highest BCUT2D eigenvalue weighted by atomic mass is 35.5. The topological polar surface area (TPSA) is 158 Å². The van der Waals surface area contributed by atoms with Crippen LogP contribution in [0.2, 0.25) is 0 Å². The molecule has 0 aliphatic heterocycles. The monoisotopic (exact) mass is 406 g/mol. The molecule has 0 atom stereocenters. The number of nitro groups is 1. The lowest BCUT2D eigenvalue weighted by Crippen LogP contribution is -2.14. The molecule has 3 aromatic rings. The minimum Gasteiger partial charge on any atom is -0.358 e. The Morgan fingerprint density at radius 1 is 1.32 bits per heavy atom. The Bertz CT molecular complexity index is 967. The van der Waals surface area contributed by atoms with Crippen LogP contribution in [0.3, 0.4) is 0 Å². The summed E-state index contributed by atoms with van der Waals surface area (Å²) < 4.78 is 1.58. The second-order valence-electron chi connectivity index (χ2n) is 5.78. The SMILES string of the molecule is Cc1nc([N+](=O)[O-])cn1CCC(=O)Nc1ccc(-c2n[nH]c(CN)n2)cc1.Cl. The average molecular weight is 407 g/mol. The van der Waals surface area contributed by atoms with Crippen molar-refractivity contribution in [3.05, 3.63) is 52.2 Å². The van der Waals surface area contributed by atoms with E-state index in [1.807, 2.05) is 0 Å². The zero-order valence-electron chi connectivity index (χ0n) is 15.0. The van der Waals surface area contributed by atoms with E-state index in [1.165, 1.54) is 6.20 Å². The number of nitrogens with one attached hydrogen (secondary N) is 2. The van der Waals surface area contributed by atoms with E-state index < -0.39 is 4.92 Å². The Labute approximate surface area is 165 Å². The number of anilines is 1. The smallest absolute Gasteiger partial charge is 0.358 e. The summed E-state index contributed by atoms with van der Waals surface area (Å²) in [6.45, 7) is 2.24. The number of carbonyl (C=O) groups excluding carboxylic acids is 1. The normalized spacial score (nSPS) is 10.4. The molecule has 0 unspecified atom stereocenters. The number of imidazole rings is 1.